The number of hydrogen-bond donors (Lipinski definition) is 1. The van der Waals surface area contributed by atoms with E-state index in [1.165, 1.54) is 6.07 Å². The van der Waals surface area contributed by atoms with Gasteiger partial charge in [0.25, 0.3) is 0 Å². The first-order chi connectivity index (χ1) is 8.17. The van der Waals surface area contributed by atoms with Crippen LogP contribution in [0.2, 0.25) is 0 Å². The summed E-state index contributed by atoms with van der Waals surface area (Å²) in [5.41, 5.74) is 1.03. The van der Waals surface area contributed by atoms with Gasteiger partial charge in [-0.15, -0.1) is 0 Å². The monoisotopic (exact) mass is 319 g/mol. The van der Waals surface area contributed by atoms with E-state index < -0.39 is 0 Å². The molecule has 1 nitrogen and oxygen atoms in total. The lowest BCUT2D eigenvalue weighted by Gasteiger charge is -2.18. The van der Waals surface area contributed by atoms with Crippen LogP contribution >= 0.6 is 27.7 Å². The average Bonchev–Trinajstić information content (AvgIpc) is 2.31. The van der Waals surface area contributed by atoms with Gasteiger partial charge >= 0.3 is 0 Å². The molecule has 1 unspecified atom stereocenters. The van der Waals surface area contributed by atoms with Crippen LogP contribution < -0.4 is 5.32 Å². The summed E-state index contributed by atoms with van der Waals surface area (Å²) in [5, 5.41) is 3.45. The molecule has 0 bridgehead atoms. The number of likely N-dealkylation sites (N-methyl/N-ethyl adjacent to an activating group) is 1. The third kappa shape index (κ3) is 5.40. The fourth-order valence-electron chi connectivity index (χ4n) is 1.70. The molecular formula is C13H19BrFNS. The highest BCUT2D eigenvalue weighted by Crippen LogP contribution is 2.20. The molecule has 0 spiro atoms. The summed E-state index contributed by atoms with van der Waals surface area (Å²) in [6.45, 7) is 5.21. The Labute approximate surface area is 116 Å². The molecule has 0 amide bonds. The molecule has 1 N–H and O–H groups in total. The molecule has 1 aromatic carbocycles. The Morgan fingerprint density at radius 1 is 1.41 bits per heavy atom. The number of thioether (sulfide) groups is 1. The molecule has 0 aliphatic rings. The first kappa shape index (κ1) is 15.0. The second-order valence-corrected chi connectivity index (χ2v) is 6.03. The smallest absolute Gasteiger partial charge is 0.123 e. The van der Waals surface area contributed by atoms with Crippen LogP contribution in [0, 0.1) is 5.82 Å². The number of halogens is 2. The van der Waals surface area contributed by atoms with E-state index in [1.54, 1.807) is 12.1 Å². The van der Waals surface area contributed by atoms with Gasteiger partial charge < -0.3 is 5.32 Å². The Morgan fingerprint density at radius 3 is 2.82 bits per heavy atom. The van der Waals surface area contributed by atoms with Gasteiger partial charge in [0.2, 0.25) is 0 Å². The van der Waals surface area contributed by atoms with Crippen LogP contribution in [0.15, 0.2) is 22.7 Å². The Balaban J connectivity index is 2.67. The van der Waals surface area contributed by atoms with Crippen molar-refractivity contribution >= 4 is 27.7 Å². The second-order valence-electron chi connectivity index (χ2n) is 3.85. The van der Waals surface area contributed by atoms with Gasteiger partial charge in [0.05, 0.1) is 0 Å². The third-order valence-electron chi connectivity index (χ3n) is 2.49. The Bertz CT molecular complexity index is 346. The molecule has 0 aliphatic carbocycles. The van der Waals surface area contributed by atoms with Crippen LogP contribution in [0.5, 0.6) is 0 Å². The maximum absolute atomic E-state index is 13.2. The molecule has 0 fully saturated rings. The number of nitrogens with one attached hydrogen (secondary N) is 1. The van der Waals surface area contributed by atoms with E-state index >= 15 is 0 Å². The molecule has 96 valence electrons. The standard InChI is InChI=1S/C13H19BrFNS/c1-3-16-12(9-17-4-2)8-10-7-11(15)5-6-13(10)14/h5-7,12,16H,3-4,8-9H2,1-2H3. The molecule has 0 saturated heterocycles. The van der Waals surface area contributed by atoms with E-state index in [0.717, 1.165) is 34.5 Å². The third-order valence-corrected chi connectivity index (χ3v) is 4.31. The summed E-state index contributed by atoms with van der Waals surface area (Å²) in [4.78, 5) is 0. The Hall–Kier alpha value is -0.0600. The zero-order valence-corrected chi connectivity index (χ0v) is 12.7. The van der Waals surface area contributed by atoms with Gasteiger partial charge in [0.1, 0.15) is 5.82 Å². The van der Waals surface area contributed by atoms with Gasteiger partial charge in [-0.2, -0.15) is 11.8 Å². The molecule has 0 radical (unpaired) electrons. The summed E-state index contributed by atoms with van der Waals surface area (Å²) < 4.78 is 14.2. The van der Waals surface area contributed by atoms with Crippen LogP contribution in [0.25, 0.3) is 0 Å². The zero-order valence-electron chi connectivity index (χ0n) is 10.3. The molecule has 4 heteroatoms. The van der Waals surface area contributed by atoms with Crippen molar-refractivity contribution in [3.8, 4) is 0 Å². The first-order valence-corrected chi connectivity index (χ1v) is 7.87. The molecule has 1 rings (SSSR count). The average molecular weight is 320 g/mol. The maximum atomic E-state index is 13.2. The van der Waals surface area contributed by atoms with Crippen molar-refractivity contribution in [2.75, 3.05) is 18.1 Å². The largest absolute Gasteiger partial charge is 0.313 e. The van der Waals surface area contributed by atoms with E-state index in [0.29, 0.717) is 6.04 Å². The van der Waals surface area contributed by atoms with Gasteiger partial charge in [-0.3, -0.25) is 0 Å². The fraction of sp³-hybridized carbons (Fsp3) is 0.538. The summed E-state index contributed by atoms with van der Waals surface area (Å²) >= 11 is 5.39. The van der Waals surface area contributed by atoms with Crippen LogP contribution in [-0.2, 0) is 6.42 Å². The minimum Gasteiger partial charge on any atom is -0.313 e. The highest BCUT2D eigenvalue weighted by molar-refractivity contribution is 9.10. The van der Waals surface area contributed by atoms with Crippen molar-refractivity contribution in [3.05, 3.63) is 34.1 Å². The lowest BCUT2D eigenvalue weighted by Crippen LogP contribution is -2.33. The van der Waals surface area contributed by atoms with Gasteiger partial charge in [-0.1, -0.05) is 29.8 Å². The fourth-order valence-corrected chi connectivity index (χ4v) is 2.87. The van der Waals surface area contributed by atoms with Crippen molar-refractivity contribution in [2.24, 2.45) is 0 Å². The van der Waals surface area contributed by atoms with E-state index in [4.69, 9.17) is 0 Å². The number of rotatable bonds is 7. The van der Waals surface area contributed by atoms with E-state index in [1.807, 2.05) is 11.8 Å². The summed E-state index contributed by atoms with van der Waals surface area (Å²) in [6.07, 6.45) is 0.860. The van der Waals surface area contributed by atoms with Crippen molar-refractivity contribution in [2.45, 2.75) is 26.3 Å². The highest BCUT2D eigenvalue weighted by atomic mass is 79.9. The van der Waals surface area contributed by atoms with Gasteiger partial charge in [-0.05, 0) is 42.5 Å². The Kier molecular flexibility index (Phi) is 7.16. The predicted molar refractivity (Wildman–Crippen MR) is 78.3 cm³/mol. The second kappa shape index (κ2) is 8.11. The minimum atomic E-state index is -0.165. The summed E-state index contributed by atoms with van der Waals surface area (Å²) in [5.74, 6) is 2.01. The zero-order chi connectivity index (χ0) is 12.7. The van der Waals surface area contributed by atoms with Crippen molar-refractivity contribution < 1.29 is 4.39 Å². The summed E-state index contributed by atoms with van der Waals surface area (Å²) in [7, 11) is 0. The van der Waals surface area contributed by atoms with E-state index in [9.17, 15) is 4.39 Å². The first-order valence-electron chi connectivity index (χ1n) is 5.92. The van der Waals surface area contributed by atoms with Crippen molar-refractivity contribution in [1.29, 1.82) is 0 Å². The maximum Gasteiger partial charge on any atom is 0.123 e. The lowest BCUT2D eigenvalue weighted by molar-refractivity contribution is 0.567. The van der Waals surface area contributed by atoms with Crippen molar-refractivity contribution in [3.63, 3.8) is 0 Å². The molecule has 1 atom stereocenters. The van der Waals surface area contributed by atoms with Crippen LogP contribution in [-0.4, -0.2) is 24.1 Å². The number of benzene rings is 1. The van der Waals surface area contributed by atoms with E-state index in [2.05, 4.69) is 35.1 Å². The van der Waals surface area contributed by atoms with Gasteiger partial charge in [-0.25, -0.2) is 4.39 Å². The normalized spacial score (nSPS) is 12.7. The lowest BCUT2D eigenvalue weighted by atomic mass is 10.1. The van der Waals surface area contributed by atoms with Crippen LogP contribution in [0.1, 0.15) is 19.4 Å². The number of hydrogen-bond acceptors (Lipinski definition) is 2. The molecular weight excluding hydrogens is 301 g/mol. The highest BCUT2D eigenvalue weighted by Gasteiger charge is 2.11. The van der Waals surface area contributed by atoms with Gasteiger partial charge in [0, 0.05) is 16.3 Å². The minimum absolute atomic E-state index is 0.165. The molecule has 1 aromatic rings. The molecule has 0 aromatic heterocycles. The van der Waals surface area contributed by atoms with Crippen LogP contribution in [0.3, 0.4) is 0 Å². The van der Waals surface area contributed by atoms with Crippen LogP contribution in [0.4, 0.5) is 4.39 Å². The van der Waals surface area contributed by atoms with Gasteiger partial charge in [0.15, 0.2) is 0 Å². The molecule has 0 heterocycles. The molecule has 0 aliphatic heterocycles. The molecule has 17 heavy (non-hydrogen) atoms. The summed E-state index contributed by atoms with van der Waals surface area (Å²) in [6, 6.07) is 5.28. The quantitative estimate of drug-likeness (QED) is 0.819. The Morgan fingerprint density at radius 2 is 2.18 bits per heavy atom. The topological polar surface area (TPSA) is 12.0 Å². The van der Waals surface area contributed by atoms with E-state index in [-0.39, 0.29) is 5.82 Å². The molecule has 0 saturated carbocycles. The predicted octanol–water partition coefficient (Wildman–Crippen LogP) is 3.86. The van der Waals surface area contributed by atoms with Crippen molar-refractivity contribution in [1.82, 2.24) is 5.32 Å². The SMILES string of the molecule is CCNC(CSCC)Cc1cc(F)ccc1Br.